The lowest BCUT2D eigenvalue weighted by Gasteiger charge is -2.03. The third-order valence-electron chi connectivity index (χ3n) is 2.45. The van der Waals surface area contributed by atoms with E-state index in [4.69, 9.17) is 11.0 Å². The van der Waals surface area contributed by atoms with Gasteiger partial charge in [0.25, 0.3) is 0 Å². The van der Waals surface area contributed by atoms with Crippen molar-refractivity contribution in [2.24, 2.45) is 5.73 Å². The van der Waals surface area contributed by atoms with Crippen molar-refractivity contribution >= 4 is 16.7 Å². The minimum absolute atomic E-state index is 0.204. The zero-order valence-electron chi connectivity index (χ0n) is 8.60. The highest BCUT2D eigenvalue weighted by Crippen LogP contribution is 2.20. The maximum Gasteiger partial charge on any atom is 0.221 e. The molecule has 0 radical (unpaired) electrons. The number of fused-ring (bicyclic) bond motifs is 1. The number of nitriles is 1. The lowest BCUT2D eigenvalue weighted by atomic mass is 10.0. The molecule has 0 unspecified atom stereocenters. The standard InChI is InChI=1S/C13H10N2O/c14-8-11-3-1-2-10-5-4-9(6-12(10)11)7-13(15)16/h1-6H,7H2,(H2,15,16). The van der Waals surface area contributed by atoms with Gasteiger partial charge in [-0.3, -0.25) is 4.79 Å². The lowest BCUT2D eigenvalue weighted by Crippen LogP contribution is -2.13. The fraction of sp³-hybridized carbons (Fsp3) is 0.0769. The number of rotatable bonds is 2. The minimum Gasteiger partial charge on any atom is -0.369 e. The van der Waals surface area contributed by atoms with Crippen molar-refractivity contribution in [1.29, 1.82) is 5.26 Å². The molecule has 3 heteroatoms. The molecule has 0 aliphatic heterocycles. The number of benzene rings is 2. The van der Waals surface area contributed by atoms with Crippen molar-refractivity contribution in [2.75, 3.05) is 0 Å². The molecule has 0 atom stereocenters. The van der Waals surface area contributed by atoms with Gasteiger partial charge in [0.2, 0.25) is 5.91 Å². The SMILES string of the molecule is N#Cc1cccc2ccc(CC(N)=O)cc12. The van der Waals surface area contributed by atoms with Crippen LogP contribution in [0.5, 0.6) is 0 Å². The zero-order valence-corrected chi connectivity index (χ0v) is 8.60. The third-order valence-corrected chi connectivity index (χ3v) is 2.45. The van der Waals surface area contributed by atoms with Crippen LogP contribution < -0.4 is 5.73 Å². The van der Waals surface area contributed by atoms with E-state index < -0.39 is 0 Å². The molecule has 0 aromatic heterocycles. The Labute approximate surface area is 93.1 Å². The van der Waals surface area contributed by atoms with Crippen molar-refractivity contribution in [2.45, 2.75) is 6.42 Å². The summed E-state index contributed by atoms with van der Waals surface area (Å²) in [5.74, 6) is -0.367. The fourth-order valence-electron chi connectivity index (χ4n) is 1.73. The highest BCUT2D eigenvalue weighted by Gasteiger charge is 2.03. The van der Waals surface area contributed by atoms with Crippen LogP contribution in [0.25, 0.3) is 10.8 Å². The maximum absolute atomic E-state index is 10.8. The van der Waals surface area contributed by atoms with Crippen molar-refractivity contribution in [3.63, 3.8) is 0 Å². The second kappa shape index (κ2) is 4.03. The van der Waals surface area contributed by atoms with Crippen LogP contribution in [-0.4, -0.2) is 5.91 Å². The van der Waals surface area contributed by atoms with E-state index in [0.29, 0.717) is 5.56 Å². The number of nitrogens with zero attached hydrogens (tertiary/aromatic N) is 1. The molecule has 0 saturated carbocycles. The van der Waals surface area contributed by atoms with Crippen molar-refractivity contribution in [3.05, 3.63) is 47.5 Å². The molecule has 0 heterocycles. The molecule has 2 N–H and O–H groups in total. The molecule has 0 aliphatic carbocycles. The van der Waals surface area contributed by atoms with Crippen LogP contribution in [0.1, 0.15) is 11.1 Å². The van der Waals surface area contributed by atoms with E-state index in [1.807, 2.05) is 30.3 Å². The summed E-state index contributed by atoms with van der Waals surface area (Å²) in [4.78, 5) is 10.8. The van der Waals surface area contributed by atoms with Crippen LogP contribution in [-0.2, 0) is 11.2 Å². The van der Waals surface area contributed by atoms with Gasteiger partial charge in [-0.1, -0.05) is 24.3 Å². The van der Waals surface area contributed by atoms with E-state index in [2.05, 4.69) is 6.07 Å². The Kier molecular flexibility index (Phi) is 2.57. The predicted molar refractivity (Wildman–Crippen MR) is 61.6 cm³/mol. The van der Waals surface area contributed by atoms with Gasteiger partial charge in [-0.25, -0.2) is 0 Å². The van der Waals surface area contributed by atoms with Crippen LogP contribution in [0, 0.1) is 11.3 Å². The highest BCUT2D eigenvalue weighted by atomic mass is 16.1. The Balaban J connectivity index is 2.60. The van der Waals surface area contributed by atoms with E-state index in [0.717, 1.165) is 16.3 Å². The Morgan fingerprint density at radius 3 is 2.81 bits per heavy atom. The molecule has 0 fully saturated rings. The first-order chi connectivity index (χ1) is 7.70. The van der Waals surface area contributed by atoms with Crippen LogP contribution in [0.15, 0.2) is 36.4 Å². The summed E-state index contributed by atoms with van der Waals surface area (Å²) in [6, 6.07) is 13.3. The molecule has 0 spiro atoms. The van der Waals surface area contributed by atoms with E-state index in [1.165, 1.54) is 0 Å². The quantitative estimate of drug-likeness (QED) is 0.820. The second-order valence-electron chi connectivity index (χ2n) is 3.62. The summed E-state index contributed by atoms with van der Waals surface area (Å²) < 4.78 is 0. The third kappa shape index (κ3) is 1.86. The number of carbonyl (C=O) groups is 1. The monoisotopic (exact) mass is 210 g/mol. The van der Waals surface area contributed by atoms with Crippen LogP contribution in [0.3, 0.4) is 0 Å². The van der Waals surface area contributed by atoms with Gasteiger partial charge in [0, 0.05) is 0 Å². The number of nitrogens with two attached hydrogens (primary N) is 1. The van der Waals surface area contributed by atoms with Crippen LogP contribution in [0.4, 0.5) is 0 Å². The number of hydrogen-bond acceptors (Lipinski definition) is 2. The summed E-state index contributed by atoms with van der Waals surface area (Å²) in [6.07, 6.45) is 0.204. The molecule has 16 heavy (non-hydrogen) atoms. The first-order valence-corrected chi connectivity index (χ1v) is 4.91. The summed E-state index contributed by atoms with van der Waals surface area (Å²) in [5, 5.41) is 10.8. The Hall–Kier alpha value is -2.34. The van der Waals surface area contributed by atoms with Crippen LogP contribution >= 0.6 is 0 Å². The normalized spacial score (nSPS) is 9.94. The molecule has 2 aromatic carbocycles. The molecule has 0 saturated heterocycles. The molecule has 0 aliphatic rings. The van der Waals surface area contributed by atoms with Gasteiger partial charge in [-0.05, 0) is 28.5 Å². The van der Waals surface area contributed by atoms with Gasteiger partial charge in [-0.15, -0.1) is 0 Å². The smallest absolute Gasteiger partial charge is 0.221 e. The van der Waals surface area contributed by atoms with Crippen molar-refractivity contribution in [1.82, 2.24) is 0 Å². The lowest BCUT2D eigenvalue weighted by molar-refractivity contribution is -0.117. The second-order valence-corrected chi connectivity index (χ2v) is 3.62. The number of primary amides is 1. The summed E-state index contributed by atoms with van der Waals surface area (Å²) in [6.45, 7) is 0. The fourth-order valence-corrected chi connectivity index (χ4v) is 1.73. The molecular formula is C13H10N2O. The molecule has 0 bridgehead atoms. The van der Waals surface area contributed by atoms with Crippen molar-refractivity contribution < 1.29 is 4.79 Å². The average molecular weight is 210 g/mol. The first kappa shape index (κ1) is 10.2. The van der Waals surface area contributed by atoms with Gasteiger partial charge >= 0.3 is 0 Å². The van der Waals surface area contributed by atoms with Crippen LogP contribution in [0.2, 0.25) is 0 Å². The predicted octanol–water partition coefficient (Wildman–Crippen LogP) is 1.74. The van der Waals surface area contributed by atoms with E-state index in [9.17, 15) is 4.79 Å². The van der Waals surface area contributed by atoms with Crippen molar-refractivity contribution in [3.8, 4) is 6.07 Å². The maximum atomic E-state index is 10.8. The molecule has 78 valence electrons. The number of carbonyl (C=O) groups excluding carboxylic acids is 1. The van der Waals surface area contributed by atoms with E-state index in [1.54, 1.807) is 6.07 Å². The topological polar surface area (TPSA) is 66.9 Å². The first-order valence-electron chi connectivity index (χ1n) is 4.91. The van der Waals surface area contributed by atoms with Gasteiger partial charge < -0.3 is 5.73 Å². The Morgan fingerprint density at radius 1 is 1.31 bits per heavy atom. The number of amides is 1. The molecular weight excluding hydrogens is 200 g/mol. The largest absolute Gasteiger partial charge is 0.369 e. The highest BCUT2D eigenvalue weighted by molar-refractivity contribution is 5.89. The molecule has 2 rings (SSSR count). The number of hydrogen-bond donors (Lipinski definition) is 1. The average Bonchev–Trinajstić information content (AvgIpc) is 2.27. The van der Waals surface area contributed by atoms with E-state index >= 15 is 0 Å². The molecule has 3 nitrogen and oxygen atoms in total. The molecule has 1 amide bonds. The zero-order chi connectivity index (χ0) is 11.5. The summed E-state index contributed by atoms with van der Waals surface area (Å²) >= 11 is 0. The van der Waals surface area contributed by atoms with Gasteiger partial charge in [0.1, 0.15) is 0 Å². The summed E-state index contributed by atoms with van der Waals surface area (Å²) in [7, 11) is 0. The minimum atomic E-state index is -0.367. The Morgan fingerprint density at radius 2 is 2.12 bits per heavy atom. The van der Waals surface area contributed by atoms with E-state index in [-0.39, 0.29) is 12.3 Å². The van der Waals surface area contributed by atoms with Gasteiger partial charge in [0.05, 0.1) is 18.1 Å². The van der Waals surface area contributed by atoms with Gasteiger partial charge in [-0.2, -0.15) is 5.26 Å². The Bertz CT molecular complexity index is 596. The summed E-state index contributed by atoms with van der Waals surface area (Å²) in [5.41, 5.74) is 6.59. The molecule has 2 aromatic rings. The van der Waals surface area contributed by atoms with Gasteiger partial charge in [0.15, 0.2) is 0 Å².